The van der Waals surface area contributed by atoms with E-state index in [-0.39, 0.29) is 12.5 Å². The molecule has 8 nitrogen and oxygen atoms in total. The fourth-order valence-electron chi connectivity index (χ4n) is 2.92. The number of hydrogen-bond donors (Lipinski definition) is 1. The number of aromatic nitrogens is 4. The fraction of sp³-hybridized carbons (Fsp3) is 0.294. The van der Waals surface area contributed by atoms with E-state index in [0.717, 1.165) is 28.2 Å². The zero-order valence-corrected chi connectivity index (χ0v) is 13.8. The summed E-state index contributed by atoms with van der Waals surface area (Å²) in [5, 5.41) is 8.33. The monoisotopic (exact) mass is 338 g/mol. The van der Waals surface area contributed by atoms with Gasteiger partial charge in [-0.1, -0.05) is 18.2 Å². The molecule has 1 aliphatic rings. The molecule has 0 unspecified atom stereocenters. The molecule has 8 heteroatoms. The number of amides is 1. The van der Waals surface area contributed by atoms with Crippen molar-refractivity contribution in [2.75, 3.05) is 25.0 Å². The number of para-hydroxylation sites is 1. The van der Waals surface area contributed by atoms with E-state index in [0.29, 0.717) is 19.6 Å². The van der Waals surface area contributed by atoms with Gasteiger partial charge in [0.2, 0.25) is 0 Å². The molecule has 0 spiro atoms. The highest BCUT2D eigenvalue weighted by molar-refractivity contribution is 5.86. The lowest BCUT2D eigenvalue weighted by molar-refractivity contribution is -0.133. The standard InChI is InChI=1S/C17H18N6O2/c1-22-17-13(8-21-22)16(19-11-20-17)18-6-7-23-9-12-4-2-3-5-14(12)25-10-15(23)24/h2-5,8,11H,6-7,9-10H2,1H3,(H,18,19,20). The van der Waals surface area contributed by atoms with Crippen molar-refractivity contribution in [3.63, 3.8) is 0 Å². The van der Waals surface area contributed by atoms with Crippen molar-refractivity contribution in [3.8, 4) is 5.75 Å². The van der Waals surface area contributed by atoms with Crippen molar-refractivity contribution in [1.82, 2.24) is 24.6 Å². The number of carbonyl (C=O) groups excluding carboxylic acids is 1. The van der Waals surface area contributed by atoms with Crippen LogP contribution in [0.1, 0.15) is 5.56 Å². The maximum Gasteiger partial charge on any atom is 0.260 e. The number of rotatable bonds is 4. The van der Waals surface area contributed by atoms with Crippen LogP contribution in [0.25, 0.3) is 11.0 Å². The van der Waals surface area contributed by atoms with Crippen molar-refractivity contribution in [2.45, 2.75) is 6.54 Å². The Morgan fingerprint density at radius 1 is 1.28 bits per heavy atom. The molecule has 1 aliphatic heterocycles. The maximum atomic E-state index is 12.3. The molecule has 3 heterocycles. The molecular weight excluding hydrogens is 320 g/mol. The van der Waals surface area contributed by atoms with Gasteiger partial charge in [0.15, 0.2) is 12.3 Å². The smallest absolute Gasteiger partial charge is 0.260 e. The number of nitrogens with zero attached hydrogens (tertiary/aromatic N) is 5. The first-order chi connectivity index (χ1) is 12.2. The predicted molar refractivity (Wildman–Crippen MR) is 92.1 cm³/mol. The third-order valence-corrected chi connectivity index (χ3v) is 4.24. The summed E-state index contributed by atoms with van der Waals surface area (Å²) in [4.78, 5) is 22.6. The summed E-state index contributed by atoms with van der Waals surface area (Å²) < 4.78 is 7.28. The fourth-order valence-corrected chi connectivity index (χ4v) is 2.92. The highest BCUT2D eigenvalue weighted by Crippen LogP contribution is 2.23. The SMILES string of the molecule is Cn1ncc2c(NCCN3Cc4ccccc4OCC3=O)ncnc21. The van der Waals surface area contributed by atoms with Crippen LogP contribution in [-0.2, 0) is 18.4 Å². The van der Waals surface area contributed by atoms with Gasteiger partial charge in [-0.05, 0) is 6.07 Å². The van der Waals surface area contributed by atoms with Gasteiger partial charge in [0.05, 0.1) is 11.6 Å². The van der Waals surface area contributed by atoms with Crippen LogP contribution in [0.3, 0.4) is 0 Å². The van der Waals surface area contributed by atoms with Crippen molar-refractivity contribution in [3.05, 3.63) is 42.4 Å². The van der Waals surface area contributed by atoms with Crippen LogP contribution >= 0.6 is 0 Å². The second-order valence-corrected chi connectivity index (χ2v) is 5.87. The van der Waals surface area contributed by atoms with E-state index in [1.54, 1.807) is 15.8 Å². The minimum atomic E-state index is -0.0211. The Bertz CT molecular complexity index is 922. The van der Waals surface area contributed by atoms with Gasteiger partial charge in [-0.3, -0.25) is 9.48 Å². The van der Waals surface area contributed by atoms with E-state index in [4.69, 9.17) is 4.74 Å². The summed E-state index contributed by atoms with van der Waals surface area (Å²) in [6.07, 6.45) is 3.24. The third kappa shape index (κ3) is 2.98. The first kappa shape index (κ1) is 15.4. The van der Waals surface area contributed by atoms with Crippen LogP contribution in [0.4, 0.5) is 5.82 Å². The minimum Gasteiger partial charge on any atom is -0.483 e. The lowest BCUT2D eigenvalue weighted by Gasteiger charge is -2.20. The molecule has 0 aliphatic carbocycles. The van der Waals surface area contributed by atoms with Crippen LogP contribution in [0.5, 0.6) is 5.75 Å². The molecule has 0 bridgehead atoms. The van der Waals surface area contributed by atoms with Gasteiger partial charge < -0.3 is 15.0 Å². The first-order valence-electron chi connectivity index (χ1n) is 8.07. The average Bonchev–Trinajstić information content (AvgIpc) is 2.93. The third-order valence-electron chi connectivity index (χ3n) is 4.24. The van der Waals surface area contributed by atoms with E-state index >= 15 is 0 Å². The highest BCUT2D eigenvalue weighted by atomic mass is 16.5. The number of hydrogen-bond acceptors (Lipinski definition) is 6. The van der Waals surface area contributed by atoms with Crippen molar-refractivity contribution < 1.29 is 9.53 Å². The van der Waals surface area contributed by atoms with Crippen LogP contribution in [0.2, 0.25) is 0 Å². The molecule has 25 heavy (non-hydrogen) atoms. The molecule has 0 fully saturated rings. The average molecular weight is 338 g/mol. The Labute approximate surface area is 144 Å². The van der Waals surface area contributed by atoms with Crippen LogP contribution < -0.4 is 10.1 Å². The van der Waals surface area contributed by atoms with E-state index in [2.05, 4.69) is 20.4 Å². The number of aryl methyl sites for hydroxylation is 1. The molecule has 3 aromatic rings. The number of benzene rings is 1. The zero-order chi connectivity index (χ0) is 17.2. The molecule has 4 rings (SSSR count). The number of carbonyl (C=O) groups is 1. The zero-order valence-electron chi connectivity index (χ0n) is 13.8. The Kier molecular flexibility index (Phi) is 3.93. The van der Waals surface area contributed by atoms with Gasteiger partial charge in [-0.15, -0.1) is 0 Å². The summed E-state index contributed by atoms with van der Waals surface area (Å²) in [6, 6.07) is 7.74. The van der Waals surface area contributed by atoms with E-state index in [9.17, 15) is 4.79 Å². The molecule has 128 valence electrons. The van der Waals surface area contributed by atoms with Gasteiger partial charge in [0, 0.05) is 32.2 Å². The van der Waals surface area contributed by atoms with Gasteiger partial charge in [0.25, 0.3) is 5.91 Å². The molecule has 1 amide bonds. The van der Waals surface area contributed by atoms with Gasteiger partial charge >= 0.3 is 0 Å². The largest absolute Gasteiger partial charge is 0.483 e. The summed E-state index contributed by atoms with van der Waals surface area (Å²) in [5.74, 6) is 1.48. The Balaban J connectivity index is 1.45. The maximum absolute atomic E-state index is 12.3. The van der Waals surface area contributed by atoms with Crippen molar-refractivity contribution >= 4 is 22.8 Å². The van der Waals surface area contributed by atoms with Crippen LogP contribution in [0.15, 0.2) is 36.8 Å². The summed E-state index contributed by atoms with van der Waals surface area (Å²) in [7, 11) is 1.84. The molecule has 0 saturated carbocycles. The second-order valence-electron chi connectivity index (χ2n) is 5.87. The van der Waals surface area contributed by atoms with Gasteiger partial charge in [0.1, 0.15) is 17.9 Å². The lowest BCUT2D eigenvalue weighted by Crippen LogP contribution is -2.36. The van der Waals surface area contributed by atoms with E-state index in [1.165, 1.54) is 6.33 Å². The Morgan fingerprint density at radius 3 is 3.08 bits per heavy atom. The minimum absolute atomic E-state index is 0.0211. The molecule has 1 aromatic carbocycles. The van der Waals surface area contributed by atoms with Gasteiger partial charge in [-0.2, -0.15) is 5.10 Å². The molecule has 0 radical (unpaired) electrons. The van der Waals surface area contributed by atoms with Crippen LogP contribution in [0, 0.1) is 0 Å². The normalized spacial score (nSPS) is 14.1. The van der Waals surface area contributed by atoms with Crippen molar-refractivity contribution in [1.29, 1.82) is 0 Å². The molecule has 2 aromatic heterocycles. The molecular formula is C17H18N6O2. The first-order valence-corrected chi connectivity index (χ1v) is 8.07. The highest BCUT2D eigenvalue weighted by Gasteiger charge is 2.20. The summed E-state index contributed by atoms with van der Waals surface area (Å²) in [6.45, 7) is 1.75. The Hall–Kier alpha value is -3.16. The Morgan fingerprint density at radius 2 is 2.16 bits per heavy atom. The summed E-state index contributed by atoms with van der Waals surface area (Å²) >= 11 is 0. The van der Waals surface area contributed by atoms with Crippen molar-refractivity contribution in [2.24, 2.45) is 7.05 Å². The topological polar surface area (TPSA) is 85.2 Å². The number of anilines is 1. The molecule has 0 saturated heterocycles. The lowest BCUT2D eigenvalue weighted by atomic mass is 10.2. The van der Waals surface area contributed by atoms with E-state index < -0.39 is 0 Å². The van der Waals surface area contributed by atoms with Gasteiger partial charge in [-0.25, -0.2) is 9.97 Å². The molecule has 0 atom stereocenters. The second kappa shape index (κ2) is 6.39. The number of ether oxygens (including phenoxy) is 1. The summed E-state index contributed by atoms with van der Waals surface area (Å²) in [5.41, 5.74) is 1.79. The molecule has 1 N–H and O–H groups in total. The van der Waals surface area contributed by atoms with Crippen LogP contribution in [-0.4, -0.2) is 50.3 Å². The predicted octanol–water partition coefficient (Wildman–Crippen LogP) is 1.20. The quantitative estimate of drug-likeness (QED) is 0.769. The number of nitrogens with one attached hydrogen (secondary N) is 1. The number of fused-ring (bicyclic) bond motifs is 2. The van der Waals surface area contributed by atoms with E-state index in [1.807, 2.05) is 31.3 Å².